The third-order valence-electron chi connectivity index (χ3n) is 13.5. The van der Waals surface area contributed by atoms with E-state index in [-0.39, 0.29) is 0 Å². The first-order valence-electron chi connectivity index (χ1n) is 23.6. The number of rotatable bonds is 10. The van der Waals surface area contributed by atoms with Crippen LogP contribution in [0.3, 0.4) is 0 Å². The van der Waals surface area contributed by atoms with Crippen LogP contribution in [0.4, 0.5) is 0 Å². The first-order chi connectivity index (χ1) is 36.2. The van der Waals surface area contributed by atoms with Gasteiger partial charge in [-0.25, -0.2) is 59.8 Å². The van der Waals surface area contributed by atoms with Gasteiger partial charge in [0.15, 0.2) is 23.3 Å². The fourth-order valence-corrected chi connectivity index (χ4v) is 10.3. The molecule has 0 unspecified atom stereocenters. The van der Waals surface area contributed by atoms with Gasteiger partial charge in [-0.1, -0.05) is 121 Å². The normalized spacial score (nSPS) is 12.2. The van der Waals surface area contributed by atoms with E-state index < -0.39 is 5.41 Å². The summed E-state index contributed by atoms with van der Waals surface area (Å²) in [6.45, 7) is 0. The molecule has 0 atom stereocenters. The van der Waals surface area contributed by atoms with E-state index in [0.29, 0.717) is 23.3 Å². The zero-order chi connectivity index (χ0) is 48.6. The van der Waals surface area contributed by atoms with Crippen molar-refractivity contribution in [3.63, 3.8) is 0 Å². The molecule has 0 N–H and O–H groups in total. The highest BCUT2D eigenvalue weighted by atomic mass is 15.0. The molecule has 8 aromatic carbocycles. The van der Waals surface area contributed by atoms with E-state index in [0.717, 1.165) is 89.0 Å². The minimum atomic E-state index is -0.863. The van der Waals surface area contributed by atoms with Crippen molar-refractivity contribution in [3.8, 4) is 101 Å². The van der Waals surface area contributed by atoms with Gasteiger partial charge in [-0.3, -0.25) is 0 Å². The number of hydrogen-bond donors (Lipinski definition) is 0. The van der Waals surface area contributed by atoms with Gasteiger partial charge in [0.05, 0.1) is 5.41 Å². The fraction of sp³-hybridized carbons (Fsp3) is 0.0164. The predicted octanol–water partition coefficient (Wildman–Crippen LogP) is 12.1. The van der Waals surface area contributed by atoms with E-state index in [9.17, 15) is 0 Å². The van der Waals surface area contributed by atoms with Crippen molar-refractivity contribution < 1.29 is 0 Å². The standard InChI is InChI=1S/C61H38N12/c1-3-19-55-53(17-1)54-18-2-4-20-56(54)61(55,51-27-47(39-9-5-13-43(21-39)57-66-31-62-32-67-57)25-48(28-51)40-10-6-14-44(22-40)58-68-33-63-34-69-58)52-29-49(41-11-7-15-45(23-41)59-70-35-64-36-71-59)26-50(30-52)42-12-8-16-46(24-42)60-72-37-65-38-73-60/h1-38H. The van der Waals surface area contributed by atoms with Crippen LogP contribution in [-0.4, -0.2) is 59.8 Å². The second-order valence-corrected chi connectivity index (χ2v) is 17.6. The van der Waals surface area contributed by atoms with E-state index in [1.165, 1.54) is 61.7 Å². The molecule has 13 rings (SSSR count). The van der Waals surface area contributed by atoms with E-state index in [2.05, 4.69) is 218 Å². The lowest BCUT2D eigenvalue weighted by Crippen LogP contribution is -2.29. The molecular formula is C61H38N12. The molecule has 4 heterocycles. The molecule has 0 bridgehead atoms. The molecule has 0 spiro atoms. The van der Waals surface area contributed by atoms with Crippen LogP contribution >= 0.6 is 0 Å². The van der Waals surface area contributed by atoms with Crippen molar-refractivity contribution in [2.45, 2.75) is 5.41 Å². The summed E-state index contributed by atoms with van der Waals surface area (Å²) in [6.07, 6.45) is 12.2. The van der Waals surface area contributed by atoms with Crippen molar-refractivity contribution in [2.75, 3.05) is 0 Å². The topological polar surface area (TPSA) is 155 Å². The van der Waals surface area contributed by atoms with Crippen molar-refractivity contribution in [2.24, 2.45) is 0 Å². The highest BCUT2D eigenvalue weighted by Crippen LogP contribution is 2.58. The molecule has 1 aliphatic rings. The molecule has 0 aliphatic heterocycles. The second kappa shape index (κ2) is 18.3. The third kappa shape index (κ3) is 7.85. The molecule has 4 aromatic heterocycles. The maximum Gasteiger partial charge on any atom is 0.162 e. The first kappa shape index (κ1) is 42.9. The van der Waals surface area contributed by atoms with E-state index in [1.54, 1.807) is 0 Å². The first-order valence-corrected chi connectivity index (χ1v) is 23.6. The molecule has 0 radical (unpaired) electrons. The maximum absolute atomic E-state index is 4.52. The van der Waals surface area contributed by atoms with Crippen LogP contribution in [-0.2, 0) is 5.41 Å². The summed E-state index contributed by atoms with van der Waals surface area (Å²) in [5.74, 6) is 2.38. The van der Waals surface area contributed by atoms with E-state index in [4.69, 9.17) is 0 Å². The molecule has 73 heavy (non-hydrogen) atoms. The SMILES string of the molecule is c1cc(-c2cc(-c3cccc(-c4ncncn4)c3)cc(C3(c4cc(-c5cccc(-c6ncncn6)c5)cc(-c5cccc(-c6ncncn6)c5)c4)c4ccccc4-c4ccccc43)c2)cc(-c2ncncn2)c1. The Kier molecular flexibility index (Phi) is 10.7. The lowest BCUT2D eigenvalue weighted by atomic mass is 9.66. The Morgan fingerprint density at radius 1 is 0.219 bits per heavy atom. The molecule has 0 amide bonds. The number of fused-ring (bicyclic) bond motifs is 3. The minimum absolute atomic E-state index is 0.594. The van der Waals surface area contributed by atoms with Crippen LogP contribution in [0.15, 0.2) is 233 Å². The molecule has 12 aromatic rings. The Morgan fingerprint density at radius 3 is 0.753 bits per heavy atom. The van der Waals surface area contributed by atoms with Crippen molar-refractivity contribution in [3.05, 3.63) is 255 Å². The van der Waals surface area contributed by atoms with Crippen LogP contribution in [0, 0.1) is 0 Å². The molecule has 0 saturated carbocycles. The number of nitrogens with zero attached hydrogens (tertiary/aromatic N) is 12. The smallest absolute Gasteiger partial charge is 0.162 e. The van der Waals surface area contributed by atoms with Crippen LogP contribution in [0.1, 0.15) is 22.3 Å². The Hall–Kier alpha value is -10.2. The minimum Gasteiger partial charge on any atom is -0.225 e. The van der Waals surface area contributed by atoms with Crippen molar-refractivity contribution in [1.29, 1.82) is 0 Å². The second-order valence-electron chi connectivity index (χ2n) is 17.6. The number of hydrogen-bond acceptors (Lipinski definition) is 12. The summed E-state index contributed by atoms with van der Waals surface area (Å²) in [6, 6.07) is 65.2. The largest absolute Gasteiger partial charge is 0.225 e. The van der Waals surface area contributed by atoms with E-state index in [1.807, 2.05) is 24.3 Å². The molecule has 342 valence electrons. The third-order valence-corrected chi connectivity index (χ3v) is 13.5. The van der Waals surface area contributed by atoms with Gasteiger partial charge in [0.25, 0.3) is 0 Å². The summed E-state index contributed by atoms with van der Waals surface area (Å²) in [7, 11) is 0. The van der Waals surface area contributed by atoms with Gasteiger partial charge >= 0.3 is 0 Å². The number of aromatic nitrogens is 12. The molecule has 0 saturated heterocycles. The summed E-state index contributed by atoms with van der Waals surface area (Å²) in [5.41, 5.74) is 17.6. The predicted molar refractivity (Wildman–Crippen MR) is 281 cm³/mol. The Balaban J connectivity index is 1.12. The molecule has 12 nitrogen and oxygen atoms in total. The average molecular weight is 939 g/mol. The Morgan fingerprint density at radius 2 is 0.466 bits per heavy atom. The monoisotopic (exact) mass is 938 g/mol. The maximum atomic E-state index is 4.52. The van der Waals surface area contributed by atoms with Crippen LogP contribution < -0.4 is 0 Å². The lowest BCUT2D eigenvalue weighted by Gasteiger charge is -2.35. The highest BCUT2D eigenvalue weighted by molar-refractivity contribution is 5.90. The van der Waals surface area contributed by atoms with Crippen molar-refractivity contribution >= 4 is 0 Å². The van der Waals surface area contributed by atoms with Gasteiger partial charge in [-0.15, -0.1) is 0 Å². The lowest BCUT2D eigenvalue weighted by molar-refractivity contribution is 0.770. The van der Waals surface area contributed by atoms with Gasteiger partial charge in [-0.2, -0.15) is 0 Å². The Labute approximate surface area is 419 Å². The summed E-state index contributed by atoms with van der Waals surface area (Å²) in [4.78, 5) is 52.5. The summed E-state index contributed by atoms with van der Waals surface area (Å²) >= 11 is 0. The van der Waals surface area contributed by atoms with Gasteiger partial charge in [-0.05, 0) is 139 Å². The zero-order valence-corrected chi connectivity index (χ0v) is 38.8. The molecule has 12 heteroatoms. The molecule has 0 fully saturated rings. The number of benzene rings is 8. The quantitative estimate of drug-likeness (QED) is 0.128. The fourth-order valence-electron chi connectivity index (χ4n) is 10.3. The summed E-state index contributed by atoms with van der Waals surface area (Å²) < 4.78 is 0. The molecule has 1 aliphatic carbocycles. The average Bonchev–Trinajstić information content (AvgIpc) is 3.79. The zero-order valence-electron chi connectivity index (χ0n) is 38.8. The summed E-state index contributed by atoms with van der Waals surface area (Å²) in [5, 5.41) is 0. The van der Waals surface area contributed by atoms with Crippen molar-refractivity contribution in [1.82, 2.24) is 59.8 Å². The van der Waals surface area contributed by atoms with Crippen LogP contribution in [0.5, 0.6) is 0 Å². The highest BCUT2D eigenvalue weighted by Gasteiger charge is 2.46. The van der Waals surface area contributed by atoms with Gasteiger partial charge in [0.2, 0.25) is 0 Å². The molecular weight excluding hydrogens is 901 g/mol. The Bertz CT molecular complexity index is 3530. The van der Waals surface area contributed by atoms with Gasteiger partial charge in [0.1, 0.15) is 50.6 Å². The van der Waals surface area contributed by atoms with Crippen LogP contribution in [0.2, 0.25) is 0 Å². The van der Waals surface area contributed by atoms with Crippen LogP contribution in [0.25, 0.3) is 101 Å². The van der Waals surface area contributed by atoms with E-state index >= 15 is 0 Å². The van der Waals surface area contributed by atoms with Gasteiger partial charge < -0.3 is 0 Å². The van der Waals surface area contributed by atoms with Gasteiger partial charge in [0, 0.05) is 22.3 Å².